The lowest BCUT2D eigenvalue weighted by Crippen LogP contribution is -2.03. The Bertz CT molecular complexity index is 1570. The minimum absolute atomic E-state index is 0.135. The summed E-state index contributed by atoms with van der Waals surface area (Å²) in [7, 11) is 3.21. The third-order valence-corrected chi connectivity index (χ3v) is 6.37. The normalized spacial score (nSPS) is 11.9. The van der Waals surface area contributed by atoms with Gasteiger partial charge in [0, 0.05) is 17.8 Å². The number of hydrogen-bond donors (Lipinski definition) is 0. The zero-order valence-electron chi connectivity index (χ0n) is 21.0. The average Bonchev–Trinajstić information content (AvgIpc) is 3.42. The van der Waals surface area contributed by atoms with E-state index in [2.05, 4.69) is 52.9 Å². The molecule has 0 bridgehead atoms. The predicted molar refractivity (Wildman–Crippen MR) is 138 cm³/mol. The van der Waals surface area contributed by atoms with E-state index in [0.717, 1.165) is 40.0 Å². The van der Waals surface area contributed by atoms with Crippen LogP contribution in [0.15, 0.2) is 60.0 Å². The highest BCUT2D eigenvalue weighted by Gasteiger charge is 2.18. The molecule has 36 heavy (non-hydrogen) atoms. The molecule has 3 heterocycles. The molecule has 0 aliphatic carbocycles. The lowest BCUT2D eigenvalue weighted by molar-refractivity contribution is 0.125. The Balaban J connectivity index is 1.40. The molecule has 2 aromatic carbocycles. The first-order valence-electron chi connectivity index (χ1n) is 11.6. The van der Waals surface area contributed by atoms with Gasteiger partial charge in [0.25, 0.3) is 0 Å². The maximum absolute atomic E-state index is 5.60. The molecule has 0 radical (unpaired) electrons. The van der Waals surface area contributed by atoms with Crippen LogP contribution in [0.2, 0.25) is 0 Å². The van der Waals surface area contributed by atoms with E-state index in [1.807, 2.05) is 31.2 Å². The second kappa shape index (κ2) is 9.69. The number of aryl methyl sites for hydroxylation is 1. The van der Waals surface area contributed by atoms with Gasteiger partial charge in [-0.2, -0.15) is 0 Å². The first-order chi connectivity index (χ1) is 17.5. The van der Waals surface area contributed by atoms with Gasteiger partial charge in [-0.3, -0.25) is 0 Å². The average molecular weight is 485 g/mol. The predicted octanol–water partition coefficient (Wildman–Crippen LogP) is 4.70. The molecule has 5 rings (SSSR count). The molecule has 0 unspecified atom stereocenters. The Morgan fingerprint density at radius 3 is 2.50 bits per heavy atom. The molecule has 3 aromatic heterocycles. The van der Waals surface area contributed by atoms with Crippen LogP contribution in [-0.2, 0) is 18.0 Å². The number of fused-ring (bicyclic) bond motifs is 3. The molecule has 9 heteroatoms. The number of rotatable bonds is 8. The minimum Gasteiger partial charge on any atom is -0.493 e. The van der Waals surface area contributed by atoms with Crippen LogP contribution < -0.4 is 9.47 Å². The molecule has 0 aliphatic rings. The van der Waals surface area contributed by atoms with Crippen molar-refractivity contribution in [1.29, 1.82) is 0 Å². The number of oxime groups is 1. The van der Waals surface area contributed by atoms with Crippen molar-refractivity contribution in [3.8, 4) is 11.5 Å². The number of nitrogens with zero attached hydrogens (tertiary/aromatic N) is 6. The SMILES string of the molecule is COc1ccc(C(C)=NOCc2nc3c4c(C)c(C)n(Cc5ccccc5)c4ncn3n2)cc1OC. The highest BCUT2D eigenvalue weighted by molar-refractivity contribution is 5.99. The van der Waals surface area contributed by atoms with Crippen molar-refractivity contribution in [3.63, 3.8) is 0 Å². The van der Waals surface area contributed by atoms with Gasteiger partial charge in [-0.15, -0.1) is 5.10 Å². The Labute approximate surface area is 209 Å². The molecule has 0 aliphatic heterocycles. The van der Waals surface area contributed by atoms with Crippen LogP contribution in [0.1, 0.15) is 35.1 Å². The molecule has 9 nitrogen and oxygen atoms in total. The van der Waals surface area contributed by atoms with Crippen molar-refractivity contribution in [2.75, 3.05) is 14.2 Å². The summed E-state index contributed by atoms with van der Waals surface area (Å²) in [5.41, 5.74) is 6.74. The minimum atomic E-state index is 0.135. The second-order valence-electron chi connectivity index (χ2n) is 8.54. The Kier molecular flexibility index (Phi) is 6.28. The third-order valence-electron chi connectivity index (χ3n) is 6.37. The van der Waals surface area contributed by atoms with Crippen LogP contribution in [0.5, 0.6) is 11.5 Å². The van der Waals surface area contributed by atoms with Gasteiger partial charge in [0.15, 0.2) is 29.6 Å². The molecule has 0 spiro atoms. The lowest BCUT2D eigenvalue weighted by Gasteiger charge is -2.09. The highest BCUT2D eigenvalue weighted by atomic mass is 16.6. The summed E-state index contributed by atoms with van der Waals surface area (Å²) in [4.78, 5) is 15.1. The number of aromatic nitrogens is 5. The first kappa shape index (κ1) is 23.3. The van der Waals surface area contributed by atoms with E-state index in [0.29, 0.717) is 23.0 Å². The quantitative estimate of drug-likeness (QED) is 0.234. The molecule has 0 saturated carbocycles. The van der Waals surface area contributed by atoms with Gasteiger partial charge in [0.1, 0.15) is 12.0 Å². The molecule has 0 amide bonds. The highest BCUT2D eigenvalue weighted by Crippen LogP contribution is 2.29. The fourth-order valence-electron chi connectivity index (χ4n) is 4.30. The zero-order valence-corrected chi connectivity index (χ0v) is 21.0. The van der Waals surface area contributed by atoms with E-state index in [1.165, 1.54) is 5.56 Å². The van der Waals surface area contributed by atoms with Crippen LogP contribution >= 0.6 is 0 Å². The molecule has 184 valence electrons. The van der Waals surface area contributed by atoms with Gasteiger partial charge in [-0.05, 0) is 50.1 Å². The van der Waals surface area contributed by atoms with Crippen LogP contribution in [0.4, 0.5) is 0 Å². The topological polar surface area (TPSA) is 88.1 Å². The van der Waals surface area contributed by atoms with Crippen LogP contribution in [0, 0.1) is 13.8 Å². The van der Waals surface area contributed by atoms with Gasteiger partial charge in [0.05, 0.1) is 25.3 Å². The number of methoxy groups -OCH3 is 2. The van der Waals surface area contributed by atoms with Gasteiger partial charge in [-0.25, -0.2) is 14.5 Å². The van der Waals surface area contributed by atoms with E-state index in [-0.39, 0.29) is 6.61 Å². The van der Waals surface area contributed by atoms with Gasteiger partial charge in [-0.1, -0.05) is 35.5 Å². The van der Waals surface area contributed by atoms with E-state index in [4.69, 9.17) is 24.3 Å². The summed E-state index contributed by atoms with van der Waals surface area (Å²) in [6, 6.07) is 16.0. The number of hydrogen-bond acceptors (Lipinski definition) is 7. The van der Waals surface area contributed by atoms with Gasteiger partial charge < -0.3 is 18.9 Å². The Hall–Kier alpha value is -4.40. The van der Waals surface area contributed by atoms with Crippen LogP contribution in [0.25, 0.3) is 16.7 Å². The monoisotopic (exact) mass is 484 g/mol. The fraction of sp³-hybridized carbons (Fsp3) is 0.259. The molecule has 0 fully saturated rings. The standard InChI is InChI=1S/C27H28N6O3/c1-17-19(3)32(14-20-9-7-6-8-10-20)26-25(17)27-29-24(30-33(27)16-28-26)15-36-31-18(2)21-11-12-22(34-4)23(13-21)35-5/h6-13,16H,14-15H2,1-5H3. The summed E-state index contributed by atoms with van der Waals surface area (Å²) in [6.45, 7) is 6.96. The van der Waals surface area contributed by atoms with Crippen molar-refractivity contribution in [1.82, 2.24) is 24.1 Å². The van der Waals surface area contributed by atoms with Crippen LogP contribution in [0.3, 0.4) is 0 Å². The summed E-state index contributed by atoms with van der Waals surface area (Å²) < 4.78 is 14.6. The summed E-state index contributed by atoms with van der Waals surface area (Å²) >= 11 is 0. The maximum atomic E-state index is 5.60. The van der Waals surface area contributed by atoms with Gasteiger partial charge in [0.2, 0.25) is 0 Å². The smallest absolute Gasteiger partial charge is 0.192 e. The summed E-state index contributed by atoms with van der Waals surface area (Å²) in [5.74, 6) is 1.82. The number of benzene rings is 2. The molecule has 0 atom stereocenters. The van der Waals surface area contributed by atoms with E-state index < -0.39 is 0 Å². The Morgan fingerprint density at radius 1 is 0.972 bits per heavy atom. The summed E-state index contributed by atoms with van der Waals surface area (Å²) in [6.07, 6.45) is 1.70. The maximum Gasteiger partial charge on any atom is 0.192 e. The zero-order chi connectivity index (χ0) is 25.2. The lowest BCUT2D eigenvalue weighted by atomic mass is 10.1. The first-order valence-corrected chi connectivity index (χ1v) is 11.6. The van der Waals surface area contributed by atoms with Crippen molar-refractivity contribution < 1.29 is 14.3 Å². The largest absolute Gasteiger partial charge is 0.493 e. The van der Waals surface area contributed by atoms with E-state index in [1.54, 1.807) is 25.1 Å². The third kappa shape index (κ3) is 4.24. The molecular formula is C27H28N6O3. The molecule has 5 aromatic rings. The molecular weight excluding hydrogens is 456 g/mol. The van der Waals surface area contributed by atoms with Gasteiger partial charge >= 0.3 is 0 Å². The van der Waals surface area contributed by atoms with Crippen LogP contribution in [-0.4, -0.2) is 44.1 Å². The van der Waals surface area contributed by atoms with Crippen molar-refractivity contribution >= 4 is 22.4 Å². The molecule has 0 N–H and O–H groups in total. The summed E-state index contributed by atoms with van der Waals surface area (Å²) in [5, 5.41) is 9.79. The van der Waals surface area contributed by atoms with E-state index in [9.17, 15) is 0 Å². The van der Waals surface area contributed by atoms with E-state index >= 15 is 0 Å². The fourth-order valence-corrected chi connectivity index (χ4v) is 4.30. The second-order valence-corrected chi connectivity index (χ2v) is 8.54. The van der Waals surface area contributed by atoms with Crippen molar-refractivity contribution in [2.24, 2.45) is 5.16 Å². The van der Waals surface area contributed by atoms with Crippen molar-refractivity contribution in [3.05, 3.63) is 83.1 Å². The van der Waals surface area contributed by atoms with Crippen molar-refractivity contribution in [2.45, 2.75) is 33.9 Å². The molecule has 0 saturated heterocycles. The number of ether oxygens (including phenoxy) is 2. The Morgan fingerprint density at radius 2 is 1.75 bits per heavy atom.